The van der Waals surface area contributed by atoms with Crippen molar-refractivity contribution in [2.24, 2.45) is 0 Å². The van der Waals surface area contributed by atoms with Gasteiger partial charge in [-0.2, -0.15) is 0 Å². The van der Waals surface area contributed by atoms with Gasteiger partial charge in [-0.05, 0) is 43.4 Å². The number of aromatic amines is 1. The van der Waals surface area contributed by atoms with Crippen LogP contribution in [-0.4, -0.2) is 10.8 Å². The molecule has 0 fully saturated rings. The van der Waals surface area contributed by atoms with Crippen LogP contribution in [0, 0.1) is 6.92 Å². The van der Waals surface area contributed by atoms with E-state index in [-0.39, 0.29) is 5.78 Å². The minimum atomic E-state index is 0.107. The molecule has 2 nitrogen and oxygen atoms in total. The molecular weight excluding hydrogens is 318 g/mol. The number of rotatable bonds is 7. The second-order valence-corrected chi connectivity index (χ2v) is 7.49. The van der Waals surface area contributed by atoms with Crippen molar-refractivity contribution in [3.8, 4) is 11.3 Å². The number of aryl methyl sites for hydroxylation is 1. The molecule has 26 heavy (non-hydrogen) atoms. The van der Waals surface area contributed by atoms with Crippen LogP contribution in [0.1, 0.15) is 73.9 Å². The number of hydrogen-bond acceptors (Lipinski definition) is 1. The van der Waals surface area contributed by atoms with E-state index in [0.717, 1.165) is 11.1 Å². The summed E-state index contributed by atoms with van der Waals surface area (Å²) in [7, 11) is 0. The van der Waals surface area contributed by atoms with Crippen LogP contribution in [0.15, 0.2) is 42.5 Å². The fourth-order valence-electron chi connectivity index (χ4n) is 3.74. The van der Waals surface area contributed by atoms with Crippen LogP contribution in [0.2, 0.25) is 0 Å². The number of Topliss-reactive ketones (excluding diaryl/α,β-unsaturated/α-hetero) is 1. The highest BCUT2D eigenvalue weighted by Gasteiger charge is 2.19. The van der Waals surface area contributed by atoms with E-state index in [0.29, 0.717) is 5.92 Å². The lowest BCUT2D eigenvalue weighted by molar-refractivity contribution is 0.101. The third-order valence-corrected chi connectivity index (χ3v) is 5.32. The number of ketones is 1. The number of hydrogen-bond donors (Lipinski definition) is 1. The summed E-state index contributed by atoms with van der Waals surface area (Å²) in [4.78, 5) is 15.4. The van der Waals surface area contributed by atoms with Crippen LogP contribution in [-0.2, 0) is 0 Å². The van der Waals surface area contributed by atoms with Gasteiger partial charge in [0, 0.05) is 22.2 Å². The van der Waals surface area contributed by atoms with E-state index in [1.165, 1.54) is 53.5 Å². The molecule has 0 saturated heterocycles. The predicted molar refractivity (Wildman–Crippen MR) is 111 cm³/mol. The first-order valence-electron chi connectivity index (χ1n) is 9.74. The Labute approximate surface area is 156 Å². The molecule has 0 aliphatic heterocycles. The first-order chi connectivity index (χ1) is 12.5. The molecule has 1 atom stereocenters. The Morgan fingerprint density at radius 1 is 1.08 bits per heavy atom. The lowest BCUT2D eigenvalue weighted by Crippen LogP contribution is -1.96. The number of unbranched alkanes of at least 4 members (excludes halogenated alkanes) is 2. The molecule has 1 unspecified atom stereocenters. The van der Waals surface area contributed by atoms with Crippen molar-refractivity contribution in [1.82, 2.24) is 4.98 Å². The highest BCUT2D eigenvalue weighted by Crippen LogP contribution is 2.38. The van der Waals surface area contributed by atoms with Gasteiger partial charge in [0.1, 0.15) is 0 Å². The molecule has 1 aromatic heterocycles. The summed E-state index contributed by atoms with van der Waals surface area (Å²) >= 11 is 0. The highest BCUT2D eigenvalue weighted by molar-refractivity contribution is 6.00. The van der Waals surface area contributed by atoms with Crippen LogP contribution in [0.3, 0.4) is 0 Å². The second kappa shape index (κ2) is 7.90. The van der Waals surface area contributed by atoms with Crippen LogP contribution in [0.4, 0.5) is 0 Å². The third kappa shape index (κ3) is 3.75. The summed E-state index contributed by atoms with van der Waals surface area (Å²) < 4.78 is 0. The van der Waals surface area contributed by atoms with Crippen LogP contribution >= 0.6 is 0 Å². The number of carbonyl (C=O) groups is 1. The predicted octanol–water partition coefficient (Wildman–Crippen LogP) is 7.03. The Kier molecular flexibility index (Phi) is 5.61. The molecule has 136 valence electrons. The van der Waals surface area contributed by atoms with Crippen molar-refractivity contribution in [3.05, 3.63) is 59.2 Å². The minimum Gasteiger partial charge on any atom is -0.354 e. The lowest BCUT2D eigenvalue weighted by Gasteiger charge is -2.14. The van der Waals surface area contributed by atoms with Gasteiger partial charge in [-0.15, -0.1) is 0 Å². The van der Waals surface area contributed by atoms with Gasteiger partial charge in [-0.1, -0.05) is 75.1 Å². The molecule has 1 heterocycles. The van der Waals surface area contributed by atoms with Crippen molar-refractivity contribution < 1.29 is 4.79 Å². The molecular formula is C24H29NO. The maximum atomic E-state index is 11.8. The molecule has 0 spiro atoms. The van der Waals surface area contributed by atoms with Gasteiger partial charge in [0.2, 0.25) is 0 Å². The third-order valence-electron chi connectivity index (χ3n) is 5.32. The summed E-state index contributed by atoms with van der Waals surface area (Å²) in [6, 6.07) is 14.8. The molecule has 0 saturated carbocycles. The van der Waals surface area contributed by atoms with E-state index in [9.17, 15) is 4.79 Å². The van der Waals surface area contributed by atoms with Crippen LogP contribution in [0.5, 0.6) is 0 Å². The van der Waals surface area contributed by atoms with E-state index >= 15 is 0 Å². The summed E-state index contributed by atoms with van der Waals surface area (Å²) in [5, 5.41) is 1.24. The Morgan fingerprint density at radius 2 is 1.81 bits per heavy atom. The average Bonchev–Trinajstić information content (AvgIpc) is 3.01. The molecule has 0 aliphatic carbocycles. The summed E-state index contributed by atoms with van der Waals surface area (Å²) in [6.07, 6.45) is 4.96. The zero-order valence-corrected chi connectivity index (χ0v) is 16.4. The Bertz CT molecular complexity index is 902. The number of benzene rings is 2. The van der Waals surface area contributed by atoms with E-state index < -0.39 is 0 Å². The monoisotopic (exact) mass is 347 g/mol. The molecule has 0 amide bonds. The standard InChI is InChI=1S/C24H29NO/c1-5-6-7-8-17(3)23-21-14-13-20(18(4)26)15-22(21)25-24(23)19-11-9-16(2)10-12-19/h9-15,17,25H,5-8H2,1-4H3. The Hall–Kier alpha value is -2.35. The molecule has 2 aromatic carbocycles. The minimum absolute atomic E-state index is 0.107. The Balaban J connectivity index is 2.12. The molecule has 1 N–H and O–H groups in total. The van der Waals surface area contributed by atoms with Gasteiger partial charge in [0.05, 0.1) is 0 Å². The van der Waals surface area contributed by atoms with Crippen molar-refractivity contribution in [2.45, 2.75) is 59.3 Å². The lowest BCUT2D eigenvalue weighted by atomic mass is 9.90. The van der Waals surface area contributed by atoms with Crippen LogP contribution < -0.4 is 0 Å². The number of H-pyrrole nitrogens is 1. The van der Waals surface area contributed by atoms with Crippen molar-refractivity contribution in [3.63, 3.8) is 0 Å². The quantitative estimate of drug-likeness (QED) is 0.361. The fourth-order valence-corrected chi connectivity index (χ4v) is 3.74. The number of aromatic nitrogens is 1. The zero-order chi connectivity index (χ0) is 18.7. The zero-order valence-electron chi connectivity index (χ0n) is 16.4. The maximum absolute atomic E-state index is 11.8. The molecule has 0 bridgehead atoms. The highest BCUT2D eigenvalue weighted by atomic mass is 16.1. The van der Waals surface area contributed by atoms with Gasteiger partial charge >= 0.3 is 0 Å². The van der Waals surface area contributed by atoms with Crippen molar-refractivity contribution in [1.29, 1.82) is 0 Å². The van der Waals surface area contributed by atoms with Crippen molar-refractivity contribution in [2.75, 3.05) is 0 Å². The van der Waals surface area contributed by atoms with E-state index in [1.54, 1.807) is 6.92 Å². The second-order valence-electron chi connectivity index (χ2n) is 7.49. The van der Waals surface area contributed by atoms with Gasteiger partial charge in [0.25, 0.3) is 0 Å². The van der Waals surface area contributed by atoms with E-state index in [1.807, 2.05) is 12.1 Å². The molecule has 2 heteroatoms. The largest absolute Gasteiger partial charge is 0.354 e. The van der Waals surface area contributed by atoms with Gasteiger partial charge in [-0.25, -0.2) is 0 Å². The summed E-state index contributed by atoms with van der Waals surface area (Å²) in [5.41, 5.74) is 6.89. The van der Waals surface area contributed by atoms with Crippen LogP contribution in [0.25, 0.3) is 22.2 Å². The van der Waals surface area contributed by atoms with Gasteiger partial charge < -0.3 is 4.98 Å². The van der Waals surface area contributed by atoms with Gasteiger partial charge in [-0.3, -0.25) is 4.79 Å². The average molecular weight is 348 g/mol. The number of carbonyl (C=O) groups excluding carboxylic acids is 1. The summed E-state index contributed by atoms with van der Waals surface area (Å²) in [5.74, 6) is 0.589. The molecule has 0 radical (unpaired) electrons. The van der Waals surface area contributed by atoms with E-state index in [2.05, 4.69) is 56.1 Å². The SMILES string of the molecule is CCCCCC(C)c1c(-c2ccc(C)cc2)[nH]c2cc(C(C)=O)ccc12. The first kappa shape index (κ1) is 18.4. The smallest absolute Gasteiger partial charge is 0.159 e. The maximum Gasteiger partial charge on any atom is 0.159 e. The van der Waals surface area contributed by atoms with E-state index in [4.69, 9.17) is 0 Å². The molecule has 3 rings (SSSR count). The fraction of sp³-hybridized carbons (Fsp3) is 0.375. The normalized spacial score (nSPS) is 12.5. The first-order valence-corrected chi connectivity index (χ1v) is 9.74. The number of fused-ring (bicyclic) bond motifs is 1. The summed E-state index contributed by atoms with van der Waals surface area (Å²) in [6.45, 7) is 8.31. The molecule has 3 aromatic rings. The van der Waals surface area contributed by atoms with Gasteiger partial charge in [0.15, 0.2) is 5.78 Å². The Morgan fingerprint density at radius 3 is 2.46 bits per heavy atom. The topological polar surface area (TPSA) is 32.9 Å². The molecule has 0 aliphatic rings. The number of nitrogens with one attached hydrogen (secondary N) is 1. The van der Waals surface area contributed by atoms with Crippen molar-refractivity contribution >= 4 is 16.7 Å².